The lowest BCUT2D eigenvalue weighted by Gasteiger charge is -2.36. The highest BCUT2D eigenvalue weighted by Gasteiger charge is 2.36. The summed E-state index contributed by atoms with van der Waals surface area (Å²) in [6, 6.07) is 0. The van der Waals surface area contributed by atoms with Gasteiger partial charge in [-0.2, -0.15) is 0 Å². The van der Waals surface area contributed by atoms with Crippen LogP contribution in [-0.2, 0) is 9.16 Å². The Hall–Kier alpha value is -0.813. The van der Waals surface area contributed by atoms with Gasteiger partial charge in [0.25, 0.3) is 0 Å². The molecule has 118 valence electrons. The first-order valence-electron chi connectivity index (χ1n) is 7.17. The molecule has 0 fully saturated rings. The minimum atomic E-state index is -1.69. The third kappa shape index (κ3) is 6.57. The molecule has 4 nitrogen and oxygen atoms in total. The van der Waals surface area contributed by atoms with Gasteiger partial charge in [-0.15, -0.1) is 6.58 Å². The van der Waals surface area contributed by atoms with Gasteiger partial charge in [-0.05, 0) is 37.9 Å². The lowest BCUT2D eigenvalue weighted by molar-refractivity contribution is 0.0400. The summed E-state index contributed by atoms with van der Waals surface area (Å²) in [4.78, 5) is 10.5. The molecule has 0 amide bonds. The summed E-state index contributed by atoms with van der Waals surface area (Å²) in [5.74, 6) is 0.0362. The van der Waals surface area contributed by atoms with E-state index >= 15 is 0 Å². The lowest BCUT2D eigenvalue weighted by atomic mass is 9.98. The summed E-state index contributed by atoms with van der Waals surface area (Å²) in [6.07, 6.45) is 1.88. The van der Waals surface area contributed by atoms with Gasteiger partial charge in [0.05, 0.1) is 0 Å². The van der Waals surface area contributed by atoms with Crippen molar-refractivity contribution < 1.29 is 19.1 Å². The smallest absolute Gasteiger partial charge is 0.450 e. The van der Waals surface area contributed by atoms with Crippen molar-refractivity contribution in [2.45, 2.75) is 64.8 Å². The molecular formula is C15H30O4Si. The molecule has 2 unspecified atom stereocenters. The highest BCUT2D eigenvalue weighted by atomic mass is 28.4. The van der Waals surface area contributed by atoms with E-state index in [4.69, 9.17) is 14.3 Å². The summed E-state index contributed by atoms with van der Waals surface area (Å²) in [7, 11) is -1.69. The SMILES string of the molecule is C=CC(CCCO[Si](C)(C)C(C)(C)C)C(C)OC(=O)O. The zero-order chi connectivity index (χ0) is 16.0. The van der Waals surface area contributed by atoms with E-state index in [0.29, 0.717) is 6.61 Å². The van der Waals surface area contributed by atoms with Gasteiger partial charge in [0.15, 0.2) is 8.32 Å². The molecule has 0 aromatic heterocycles. The van der Waals surface area contributed by atoms with Crippen LogP contribution in [0.5, 0.6) is 0 Å². The van der Waals surface area contributed by atoms with Gasteiger partial charge in [-0.1, -0.05) is 26.8 Å². The zero-order valence-corrected chi connectivity index (χ0v) is 14.7. The van der Waals surface area contributed by atoms with Gasteiger partial charge < -0.3 is 14.3 Å². The molecular weight excluding hydrogens is 272 g/mol. The van der Waals surface area contributed by atoms with Crippen LogP contribution in [0.1, 0.15) is 40.5 Å². The maximum atomic E-state index is 10.5. The third-order valence-electron chi connectivity index (χ3n) is 4.14. The molecule has 0 saturated heterocycles. The monoisotopic (exact) mass is 302 g/mol. The third-order valence-corrected chi connectivity index (χ3v) is 8.68. The predicted octanol–water partition coefficient (Wildman–Crippen LogP) is 4.67. The number of ether oxygens (including phenoxy) is 1. The second kappa shape index (κ2) is 7.83. The van der Waals surface area contributed by atoms with Crippen LogP contribution in [0, 0.1) is 5.92 Å². The summed E-state index contributed by atoms with van der Waals surface area (Å²) in [5, 5.41) is 8.83. The van der Waals surface area contributed by atoms with E-state index in [1.165, 1.54) is 0 Å². The molecule has 0 heterocycles. The van der Waals surface area contributed by atoms with Crippen LogP contribution in [0.3, 0.4) is 0 Å². The summed E-state index contributed by atoms with van der Waals surface area (Å²) >= 11 is 0. The Morgan fingerprint density at radius 2 is 1.95 bits per heavy atom. The molecule has 0 aliphatic rings. The van der Waals surface area contributed by atoms with Gasteiger partial charge >= 0.3 is 6.16 Å². The molecule has 0 aromatic carbocycles. The summed E-state index contributed by atoms with van der Waals surface area (Å²) in [5.41, 5.74) is 0. The van der Waals surface area contributed by atoms with E-state index in [-0.39, 0.29) is 17.1 Å². The maximum Gasteiger partial charge on any atom is 0.506 e. The molecule has 0 aromatic rings. The van der Waals surface area contributed by atoms with Crippen LogP contribution in [0.15, 0.2) is 12.7 Å². The highest BCUT2D eigenvalue weighted by molar-refractivity contribution is 6.74. The number of hydrogen-bond acceptors (Lipinski definition) is 3. The Labute approximate surface area is 124 Å². The molecule has 0 aliphatic heterocycles. The Kier molecular flexibility index (Phi) is 7.52. The fourth-order valence-electron chi connectivity index (χ4n) is 1.65. The number of carbonyl (C=O) groups is 1. The first-order valence-corrected chi connectivity index (χ1v) is 10.1. The average Bonchev–Trinajstić information content (AvgIpc) is 2.26. The van der Waals surface area contributed by atoms with Crippen LogP contribution < -0.4 is 0 Å². The second-order valence-corrected chi connectivity index (χ2v) is 11.5. The number of carboxylic acid groups (broad SMARTS) is 1. The largest absolute Gasteiger partial charge is 0.506 e. The van der Waals surface area contributed by atoms with Crippen LogP contribution in [-0.4, -0.2) is 32.3 Å². The van der Waals surface area contributed by atoms with Crippen molar-refractivity contribution in [3.05, 3.63) is 12.7 Å². The average molecular weight is 302 g/mol. The molecule has 5 heteroatoms. The molecule has 2 atom stereocenters. The minimum absolute atomic E-state index is 0.0362. The van der Waals surface area contributed by atoms with Crippen molar-refractivity contribution in [1.29, 1.82) is 0 Å². The van der Waals surface area contributed by atoms with E-state index in [1.54, 1.807) is 13.0 Å². The standard InChI is InChI=1S/C15H30O4Si/c1-8-13(12(2)19-14(16)17)10-9-11-18-20(6,7)15(3,4)5/h8,12-13H,1,9-11H2,2-7H3,(H,16,17). The Balaban J connectivity index is 4.16. The van der Waals surface area contributed by atoms with Crippen molar-refractivity contribution in [3.63, 3.8) is 0 Å². The molecule has 0 rings (SSSR count). The van der Waals surface area contributed by atoms with E-state index in [0.717, 1.165) is 12.8 Å². The van der Waals surface area contributed by atoms with Gasteiger partial charge in [-0.25, -0.2) is 4.79 Å². The van der Waals surface area contributed by atoms with Crippen LogP contribution in [0.25, 0.3) is 0 Å². The van der Waals surface area contributed by atoms with Gasteiger partial charge in [0.1, 0.15) is 6.10 Å². The molecule has 0 spiro atoms. The van der Waals surface area contributed by atoms with E-state index < -0.39 is 14.5 Å². The molecule has 0 bridgehead atoms. The Morgan fingerprint density at radius 1 is 1.40 bits per heavy atom. The van der Waals surface area contributed by atoms with Crippen molar-refractivity contribution in [2.75, 3.05) is 6.61 Å². The first-order chi connectivity index (χ1) is 9.01. The molecule has 0 radical (unpaired) electrons. The quantitative estimate of drug-likeness (QED) is 0.306. The highest BCUT2D eigenvalue weighted by Crippen LogP contribution is 2.36. The maximum absolute atomic E-state index is 10.5. The van der Waals surface area contributed by atoms with Gasteiger partial charge in [-0.3, -0.25) is 0 Å². The minimum Gasteiger partial charge on any atom is -0.450 e. The fraction of sp³-hybridized carbons (Fsp3) is 0.800. The number of rotatable bonds is 8. The Morgan fingerprint density at radius 3 is 2.35 bits per heavy atom. The molecule has 20 heavy (non-hydrogen) atoms. The van der Waals surface area contributed by atoms with Crippen LogP contribution in [0.2, 0.25) is 18.1 Å². The van der Waals surface area contributed by atoms with Crippen molar-refractivity contribution >= 4 is 14.5 Å². The summed E-state index contributed by atoms with van der Waals surface area (Å²) in [6.45, 7) is 17.3. The molecule has 1 N–H and O–H groups in total. The lowest BCUT2D eigenvalue weighted by Crippen LogP contribution is -2.41. The molecule has 0 aliphatic carbocycles. The van der Waals surface area contributed by atoms with E-state index in [9.17, 15) is 4.79 Å². The zero-order valence-electron chi connectivity index (χ0n) is 13.7. The van der Waals surface area contributed by atoms with Crippen LogP contribution in [0.4, 0.5) is 4.79 Å². The van der Waals surface area contributed by atoms with Crippen LogP contribution >= 0.6 is 0 Å². The van der Waals surface area contributed by atoms with E-state index in [2.05, 4.69) is 40.4 Å². The van der Waals surface area contributed by atoms with Crippen molar-refractivity contribution in [2.24, 2.45) is 5.92 Å². The van der Waals surface area contributed by atoms with E-state index in [1.807, 2.05) is 0 Å². The predicted molar refractivity (Wildman–Crippen MR) is 84.6 cm³/mol. The summed E-state index contributed by atoms with van der Waals surface area (Å²) < 4.78 is 10.9. The van der Waals surface area contributed by atoms with Gasteiger partial charge in [0, 0.05) is 12.5 Å². The topological polar surface area (TPSA) is 55.8 Å². The number of hydrogen-bond donors (Lipinski definition) is 1. The molecule has 0 saturated carbocycles. The fourth-order valence-corrected chi connectivity index (χ4v) is 2.74. The Bertz CT molecular complexity index is 320. The van der Waals surface area contributed by atoms with Crippen molar-refractivity contribution in [1.82, 2.24) is 0 Å². The normalized spacial score (nSPS) is 15.5. The second-order valence-electron chi connectivity index (χ2n) is 6.74. The first kappa shape index (κ1) is 19.2. The van der Waals surface area contributed by atoms with Crippen molar-refractivity contribution in [3.8, 4) is 0 Å². The van der Waals surface area contributed by atoms with Gasteiger partial charge in [0.2, 0.25) is 0 Å².